The molecule has 14 aromatic rings. The Morgan fingerprint density at radius 1 is 0.443 bits per heavy atom. The molecule has 0 bridgehead atoms. The molecule has 0 fully saturated rings. The first-order valence-electron chi connectivity index (χ1n) is 22.7. The third-order valence-electron chi connectivity index (χ3n) is 13.7. The lowest BCUT2D eigenvalue weighted by atomic mass is 9.98. The standard InChI is InChI=1S/C61H31N7S2/c1-64-48-32-37(24-30-52(48)68-51-20-10-6-16-40(51)44-26-28-46-42-18-8-12-22-54(42)70-60(46)58(44)68)56-47(34-63)55(65-61(66-56)35-13-3-2-4-14-35)36-23-29-49(38(31-36)33-62)67-50-19-9-5-15-39(50)43-25-27-45-41-17-7-11-21-53(41)69-59(45)57(43)67/h2-32H. The number of benzene rings is 9. The lowest BCUT2D eigenvalue weighted by Gasteiger charge is -2.16. The van der Waals surface area contributed by atoms with Gasteiger partial charge in [0, 0.05) is 63.6 Å². The molecule has 0 N–H and O–H groups in total. The van der Waals surface area contributed by atoms with Gasteiger partial charge in [-0.05, 0) is 54.1 Å². The molecule has 0 aliphatic rings. The third-order valence-corrected chi connectivity index (χ3v) is 16.0. The van der Waals surface area contributed by atoms with E-state index in [9.17, 15) is 10.5 Å². The summed E-state index contributed by atoms with van der Waals surface area (Å²) in [5.41, 5.74) is 9.42. The zero-order chi connectivity index (χ0) is 46.6. The molecule has 0 unspecified atom stereocenters. The highest BCUT2D eigenvalue weighted by molar-refractivity contribution is 7.27. The zero-order valence-electron chi connectivity index (χ0n) is 36.8. The molecule has 7 nitrogen and oxygen atoms in total. The van der Waals surface area contributed by atoms with Gasteiger partial charge in [0.15, 0.2) is 5.82 Å². The van der Waals surface area contributed by atoms with E-state index in [2.05, 4.69) is 135 Å². The van der Waals surface area contributed by atoms with Crippen LogP contribution in [0.1, 0.15) is 11.1 Å². The highest BCUT2D eigenvalue weighted by atomic mass is 32.1. The maximum atomic E-state index is 11.2. The minimum Gasteiger partial charge on any atom is -0.318 e. The summed E-state index contributed by atoms with van der Waals surface area (Å²) < 4.78 is 9.15. The molecule has 70 heavy (non-hydrogen) atoms. The third kappa shape index (κ3) is 5.70. The number of rotatable bonds is 5. The van der Waals surface area contributed by atoms with E-state index in [4.69, 9.17) is 16.5 Å². The Kier molecular flexibility index (Phi) is 8.68. The molecule has 9 heteroatoms. The number of hydrogen-bond donors (Lipinski definition) is 0. The Morgan fingerprint density at radius 2 is 0.929 bits per heavy atom. The van der Waals surface area contributed by atoms with Gasteiger partial charge in [0.05, 0.1) is 66.4 Å². The van der Waals surface area contributed by atoms with Crippen LogP contribution in [-0.2, 0) is 0 Å². The number of nitriles is 2. The minimum atomic E-state index is 0.243. The van der Waals surface area contributed by atoms with Crippen LogP contribution in [0.15, 0.2) is 188 Å². The summed E-state index contributed by atoms with van der Waals surface area (Å²) in [6, 6.07) is 68.7. The van der Waals surface area contributed by atoms with E-state index in [1.54, 1.807) is 22.7 Å². The van der Waals surface area contributed by atoms with E-state index >= 15 is 0 Å². The Bertz CT molecular complexity index is 4430. The summed E-state index contributed by atoms with van der Waals surface area (Å²) in [5, 5.41) is 31.4. The van der Waals surface area contributed by atoms with Gasteiger partial charge in [-0.3, -0.25) is 0 Å². The van der Waals surface area contributed by atoms with Crippen molar-refractivity contribution in [2.45, 2.75) is 0 Å². The van der Waals surface area contributed by atoms with Crippen LogP contribution in [0.5, 0.6) is 0 Å². The van der Waals surface area contributed by atoms with Crippen molar-refractivity contribution in [1.82, 2.24) is 19.1 Å². The van der Waals surface area contributed by atoms with Crippen molar-refractivity contribution in [3.8, 4) is 57.4 Å². The number of nitrogens with zero attached hydrogens (tertiary/aromatic N) is 7. The summed E-state index contributed by atoms with van der Waals surface area (Å²) in [5.74, 6) is 0.421. The topological polar surface area (TPSA) is 87.6 Å². The predicted octanol–water partition coefficient (Wildman–Crippen LogP) is 16.7. The molecule has 5 aromatic heterocycles. The zero-order valence-corrected chi connectivity index (χ0v) is 38.5. The van der Waals surface area contributed by atoms with Crippen LogP contribution >= 0.6 is 22.7 Å². The van der Waals surface area contributed by atoms with Crippen molar-refractivity contribution in [3.63, 3.8) is 0 Å². The van der Waals surface area contributed by atoms with Crippen molar-refractivity contribution in [2.75, 3.05) is 0 Å². The first-order chi connectivity index (χ1) is 34.6. The maximum Gasteiger partial charge on any atom is 0.211 e. The van der Waals surface area contributed by atoms with Gasteiger partial charge in [-0.2, -0.15) is 10.5 Å². The molecular formula is C61H31N7S2. The molecule has 0 amide bonds. The van der Waals surface area contributed by atoms with E-state index < -0.39 is 0 Å². The number of fused-ring (bicyclic) bond motifs is 14. The van der Waals surface area contributed by atoms with Gasteiger partial charge >= 0.3 is 0 Å². The van der Waals surface area contributed by atoms with Crippen LogP contribution in [0.4, 0.5) is 5.69 Å². The van der Waals surface area contributed by atoms with Crippen molar-refractivity contribution in [1.29, 1.82) is 10.5 Å². The van der Waals surface area contributed by atoms with E-state index in [1.807, 2.05) is 78.9 Å². The molecule has 0 radical (unpaired) electrons. The smallest absolute Gasteiger partial charge is 0.211 e. The normalized spacial score (nSPS) is 11.7. The Balaban J connectivity index is 0.974. The SMILES string of the molecule is [C-]#[N+]c1cc(-c2nc(-c3ccccc3)nc(-c3ccc(-n4c5ccccc5c5ccc6c7ccccc7sc6c54)c(C#N)c3)c2C#N)ccc1-n1c2ccccc2c2ccc3c4ccccc4sc3c21. The summed E-state index contributed by atoms with van der Waals surface area (Å²) in [6.07, 6.45) is 0. The van der Waals surface area contributed by atoms with Crippen LogP contribution in [0.2, 0.25) is 0 Å². The number of thiophene rings is 2. The molecule has 322 valence electrons. The fraction of sp³-hybridized carbons (Fsp3) is 0. The van der Waals surface area contributed by atoms with Gasteiger partial charge in [-0.1, -0.05) is 140 Å². The van der Waals surface area contributed by atoms with Crippen LogP contribution < -0.4 is 0 Å². The van der Waals surface area contributed by atoms with Gasteiger partial charge in [-0.25, -0.2) is 14.8 Å². The lowest BCUT2D eigenvalue weighted by molar-refractivity contribution is 1.15. The minimum absolute atomic E-state index is 0.243. The number of para-hydroxylation sites is 2. The number of hydrogen-bond acceptors (Lipinski definition) is 6. The Morgan fingerprint density at radius 3 is 1.49 bits per heavy atom. The fourth-order valence-corrected chi connectivity index (χ4v) is 13.1. The Labute approximate surface area is 407 Å². The average Bonchev–Trinajstić information content (AvgIpc) is 4.18. The van der Waals surface area contributed by atoms with Crippen LogP contribution in [0, 0.1) is 29.2 Å². The summed E-state index contributed by atoms with van der Waals surface area (Å²) in [4.78, 5) is 14.4. The Hall–Kier alpha value is -9.43. The van der Waals surface area contributed by atoms with E-state index in [0.29, 0.717) is 39.6 Å². The van der Waals surface area contributed by atoms with Crippen LogP contribution in [-0.4, -0.2) is 19.1 Å². The molecule has 0 atom stereocenters. The molecule has 5 heterocycles. The van der Waals surface area contributed by atoms with Crippen molar-refractivity contribution < 1.29 is 0 Å². The molecular weight excluding hydrogens is 895 g/mol. The molecule has 9 aromatic carbocycles. The van der Waals surface area contributed by atoms with Crippen LogP contribution in [0.25, 0.3) is 134 Å². The molecule has 0 aliphatic heterocycles. The second kappa shape index (κ2) is 15.3. The highest BCUT2D eigenvalue weighted by Crippen LogP contribution is 2.47. The van der Waals surface area contributed by atoms with Crippen LogP contribution in [0.3, 0.4) is 0 Å². The fourth-order valence-electron chi connectivity index (χ4n) is 10.6. The van der Waals surface area contributed by atoms with Gasteiger partial charge < -0.3 is 9.13 Å². The van der Waals surface area contributed by atoms with Crippen molar-refractivity contribution in [3.05, 3.63) is 211 Å². The van der Waals surface area contributed by atoms with Gasteiger partial charge in [0.2, 0.25) is 5.69 Å². The van der Waals surface area contributed by atoms with Crippen molar-refractivity contribution in [2.24, 2.45) is 0 Å². The van der Waals surface area contributed by atoms with Gasteiger partial charge in [0.25, 0.3) is 0 Å². The van der Waals surface area contributed by atoms with E-state index in [1.165, 1.54) is 30.9 Å². The molecule has 0 saturated heterocycles. The van der Waals surface area contributed by atoms with E-state index in [-0.39, 0.29) is 5.56 Å². The summed E-state index contributed by atoms with van der Waals surface area (Å²) >= 11 is 3.53. The first kappa shape index (κ1) is 39.7. The second-order valence-electron chi connectivity index (χ2n) is 17.3. The van der Waals surface area contributed by atoms with Crippen molar-refractivity contribution >= 4 is 112 Å². The monoisotopic (exact) mass is 925 g/mol. The van der Waals surface area contributed by atoms with E-state index in [0.717, 1.165) is 69.9 Å². The largest absolute Gasteiger partial charge is 0.318 e. The molecule has 0 spiro atoms. The first-order valence-corrected chi connectivity index (χ1v) is 24.3. The molecule has 0 aliphatic carbocycles. The summed E-state index contributed by atoms with van der Waals surface area (Å²) in [6.45, 7) is 8.65. The average molecular weight is 926 g/mol. The summed E-state index contributed by atoms with van der Waals surface area (Å²) in [7, 11) is 0. The van der Waals surface area contributed by atoms with Gasteiger partial charge in [0.1, 0.15) is 17.7 Å². The lowest BCUT2D eigenvalue weighted by Crippen LogP contribution is -2.03. The highest BCUT2D eigenvalue weighted by Gasteiger charge is 2.25. The molecule has 0 saturated carbocycles. The number of aromatic nitrogens is 4. The maximum absolute atomic E-state index is 11.2. The molecule has 14 rings (SSSR count). The quantitative estimate of drug-likeness (QED) is 0.161. The second-order valence-corrected chi connectivity index (χ2v) is 19.4. The predicted molar refractivity (Wildman–Crippen MR) is 288 cm³/mol. The van der Waals surface area contributed by atoms with Gasteiger partial charge in [-0.15, -0.1) is 22.7 Å².